The maximum absolute atomic E-state index is 13.3. The standard InChI is InChI=1S/C27H27N5O4/c1-17-7-6-8-19-18(2)15-23(28-25(17)19)30-11-13-31(14-12-30)27(35)26-21(33)16-24(34)32(29-26)20-9-4-5-10-22(20)36-3/h4-10,15-16,33H,11-14H2,1-3H3. The van der Waals surface area contributed by atoms with E-state index in [1.807, 2.05) is 6.07 Å². The van der Waals surface area contributed by atoms with Crippen molar-refractivity contribution in [3.8, 4) is 17.2 Å². The molecule has 1 fully saturated rings. The first-order chi connectivity index (χ1) is 17.4. The fourth-order valence-corrected chi connectivity index (χ4v) is 4.57. The molecule has 2 aromatic heterocycles. The molecule has 4 aromatic rings. The number of carbonyl (C=O) groups is 1. The van der Waals surface area contributed by atoms with E-state index < -0.39 is 17.2 Å². The van der Waals surface area contributed by atoms with Crippen LogP contribution in [0.5, 0.6) is 11.5 Å². The summed E-state index contributed by atoms with van der Waals surface area (Å²) in [4.78, 5) is 34.5. The fourth-order valence-electron chi connectivity index (χ4n) is 4.57. The van der Waals surface area contributed by atoms with Gasteiger partial charge in [0.25, 0.3) is 11.5 Å². The van der Waals surface area contributed by atoms with Gasteiger partial charge in [0.15, 0.2) is 11.4 Å². The summed E-state index contributed by atoms with van der Waals surface area (Å²) in [6.45, 7) is 6.17. The van der Waals surface area contributed by atoms with Gasteiger partial charge in [0.05, 0.1) is 12.6 Å². The average molecular weight is 486 g/mol. The normalized spacial score (nSPS) is 13.8. The number of rotatable bonds is 4. The van der Waals surface area contributed by atoms with Crippen LogP contribution in [0.1, 0.15) is 21.6 Å². The van der Waals surface area contributed by atoms with Crippen molar-refractivity contribution in [3.05, 3.63) is 81.8 Å². The highest BCUT2D eigenvalue weighted by molar-refractivity contribution is 5.95. The third kappa shape index (κ3) is 4.13. The highest BCUT2D eigenvalue weighted by Crippen LogP contribution is 2.26. The first-order valence-electron chi connectivity index (χ1n) is 11.8. The molecule has 9 nitrogen and oxygen atoms in total. The molecular weight excluding hydrogens is 458 g/mol. The predicted octanol–water partition coefficient (Wildman–Crippen LogP) is 3.07. The van der Waals surface area contributed by atoms with E-state index >= 15 is 0 Å². The number of aromatic nitrogens is 3. The molecule has 0 radical (unpaired) electrons. The Morgan fingerprint density at radius 3 is 2.47 bits per heavy atom. The summed E-state index contributed by atoms with van der Waals surface area (Å²) in [5, 5.41) is 15.8. The Balaban J connectivity index is 1.38. The molecule has 1 aliphatic heterocycles. The van der Waals surface area contributed by atoms with Crippen LogP contribution in [0.25, 0.3) is 16.6 Å². The molecule has 0 spiro atoms. The lowest BCUT2D eigenvalue weighted by molar-refractivity contribution is 0.0735. The number of amides is 1. The molecule has 1 N–H and O–H groups in total. The number of benzene rings is 2. The summed E-state index contributed by atoms with van der Waals surface area (Å²) < 4.78 is 6.40. The molecule has 1 amide bonds. The molecule has 3 heterocycles. The molecule has 184 valence electrons. The van der Waals surface area contributed by atoms with Crippen molar-refractivity contribution in [3.63, 3.8) is 0 Å². The minimum Gasteiger partial charge on any atom is -0.505 e. The van der Waals surface area contributed by atoms with E-state index in [4.69, 9.17) is 9.72 Å². The van der Waals surface area contributed by atoms with E-state index in [0.717, 1.165) is 38.6 Å². The second kappa shape index (κ2) is 9.33. The summed E-state index contributed by atoms with van der Waals surface area (Å²) in [7, 11) is 1.49. The minimum absolute atomic E-state index is 0.177. The van der Waals surface area contributed by atoms with Crippen LogP contribution in [0.3, 0.4) is 0 Å². The maximum Gasteiger partial charge on any atom is 0.278 e. The van der Waals surface area contributed by atoms with Gasteiger partial charge in [0.1, 0.15) is 17.3 Å². The Hall–Kier alpha value is -4.40. The lowest BCUT2D eigenvalue weighted by atomic mass is 10.1. The number of pyridine rings is 1. The van der Waals surface area contributed by atoms with E-state index in [1.165, 1.54) is 7.11 Å². The number of hydrogen-bond acceptors (Lipinski definition) is 7. The Morgan fingerprint density at radius 1 is 0.972 bits per heavy atom. The summed E-state index contributed by atoms with van der Waals surface area (Å²) >= 11 is 0. The van der Waals surface area contributed by atoms with Crippen LogP contribution in [0.15, 0.2) is 59.4 Å². The zero-order valence-electron chi connectivity index (χ0n) is 20.4. The summed E-state index contributed by atoms with van der Waals surface area (Å²) in [5.74, 6) is 0.431. The van der Waals surface area contributed by atoms with E-state index in [1.54, 1.807) is 29.2 Å². The highest BCUT2D eigenvalue weighted by Gasteiger charge is 2.27. The predicted molar refractivity (Wildman–Crippen MR) is 137 cm³/mol. The number of ether oxygens (including phenoxy) is 1. The SMILES string of the molecule is COc1ccccc1-n1nc(C(=O)N2CCN(c3cc(C)c4cccc(C)c4n3)CC2)c(O)cc1=O. The quantitative estimate of drug-likeness (QED) is 0.474. The summed E-state index contributed by atoms with van der Waals surface area (Å²) in [6, 6.07) is 16.1. The van der Waals surface area contributed by atoms with E-state index in [9.17, 15) is 14.7 Å². The van der Waals surface area contributed by atoms with Gasteiger partial charge < -0.3 is 19.6 Å². The highest BCUT2D eigenvalue weighted by atomic mass is 16.5. The molecule has 36 heavy (non-hydrogen) atoms. The number of aryl methyl sites for hydroxylation is 2. The van der Waals surface area contributed by atoms with Crippen LogP contribution >= 0.6 is 0 Å². The van der Waals surface area contributed by atoms with Crippen LogP contribution in [0, 0.1) is 13.8 Å². The van der Waals surface area contributed by atoms with Gasteiger partial charge in [-0.2, -0.15) is 9.78 Å². The molecule has 5 rings (SSSR count). The second-order valence-electron chi connectivity index (χ2n) is 8.85. The van der Waals surface area contributed by atoms with Crippen molar-refractivity contribution in [2.45, 2.75) is 13.8 Å². The zero-order chi connectivity index (χ0) is 25.4. The van der Waals surface area contributed by atoms with Crippen molar-refractivity contribution in [2.75, 3.05) is 38.2 Å². The molecule has 0 saturated carbocycles. The second-order valence-corrected chi connectivity index (χ2v) is 8.85. The smallest absolute Gasteiger partial charge is 0.278 e. The number of nitrogens with zero attached hydrogens (tertiary/aromatic N) is 5. The molecule has 0 aliphatic carbocycles. The number of hydrogen-bond donors (Lipinski definition) is 1. The topological polar surface area (TPSA) is 101 Å². The Kier molecular flexibility index (Phi) is 6.05. The van der Waals surface area contributed by atoms with Crippen molar-refractivity contribution in [2.24, 2.45) is 0 Å². The molecule has 9 heteroatoms. The first kappa shape index (κ1) is 23.3. The van der Waals surface area contributed by atoms with Crippen LogP contribution in [0.4, 0.5) is 5.82 Å². The number of methoxy groups -OCH3 is 1. The number of anilines is 1. The molecule has 1 saturated heterocycles. The van der Waals surface area contributed by atoms with E-state index in [-0.39, 0.29) is 5.69 Å². The van der Waals surface area contributed by atoms with Gasteiger partial charge in [-0.1, -0.05) is 30.3 Å². The van der Waals surface area contributed by atoms with Gasteiger partial charge >= 0.3 is 0 Å². The number of carbonyl (C=O) groups excluding carboxylic acids is 1. The van der Waals surface area contributed by atoms with Crippen molar-refractivity contribution in [1.82, 2.24) is 19.7 Å². The van der Waals surface area contributed by atoms with Crippen molar-refractivity contribution >= 4 is 22.6 Å². The Bertz CT molecular complexity index is 1520. The van der Waals surface area contributed by atoms with Crippen LogP contribution < -0.4 is 15.2 Å². The first-order valence-corrected chi connectivity index (χ1v) is 11.8. The Morgan fingerprint density at radius 2 is 1.72 bits per heavy atom. The molecule has 2 aromatic carbocycles. The number of fused-ring (bicyclic) bond motifs is 1. The Labute approximate surface area is 208 Å². The van der Waals surface area contributed by atoms with Gasteiger partial charge in [-0.05, 0) is 43.2 Å². The number of para-hydroxylation sites is 3. The largest absolute Gasteiger partial charge is 0.505 e. The third-order valence-electron chi connectivity index (χ3n) is 6.55. The minimum atomic E-state index is -0.564. The van der Waals surface area contributed by atoms with Crippen LogP contribution in [0.2, 0.25) is 0 Å². The van der Waals surface area contributed by atoms with Gasteiger partial charge in [-0.15, -0.1) is 0 Å². The molecule has 0 bridgehead atoms. The number of aromatic hydroxyl groups is 1. The molecule has 1 aliphatic rings. The van der Waals surface area contributed by atoms with Crippen LogP contribution in [-0.2, 0) is 0 Å². The van der Waals surface area contributed by atoms with Gasteiger partial charge in [0.2, 0.25) is 0 Å². The molecule has 0 unspecified atom stereocenters. The third-order valence-corrected chi connectivity index (χ3v) is 6.55. The van der Waals surface area contributed by atoms with Crippen molar-refractivity contribution in [1.29, 1.82) is 0 Å². The van der Waals surface area contributed by atoms with Crippen molar-refractivity contribution < 1.29 is 14.6 Å². The van der Waals surface area contributed by atoms with Crippen LogP contribution in [-0.4, -0.2) is 64.0 Å². The van der Waals surface area contributed by atoms with Gasteiger partial charge in [-0.3, -0.25) is 9.59 Å². The monoisotopic (exact) mass is 485 g/mol. The molecule has 0 atom stereocenters. The van der Waals surface area contributed by atoms with Gasteiger partial charge in [-0.25, -0.2) is 4.98 Å². The lowest BCUT2D eigenvalue weighted by Gasteiger charge is -2.35. The number of piperazine rings is 1. The molecular formula is C27H27N5O4. The van der Waals surface area contributed by atoms with E-state index in [2.05, 4.69) is 42.0 Å². The van der Waals surface area contributed by atoms with Gasteiger partial charge in [0, 0.05) is 37.6 Å². The van der Waals surface area contributed by atoms with E-state index in [0.29, 0.717) is 37.6 Å². The zero-order valence-corrected chi connectivity index (χ0v) is 20.4. The maximum atomic E-state index is 13.3. The summed E-state index contributed by atoms with van der Waals surface area (Å²) in [5.41, 5.74) is 2.91. The average Bonchev–Trinajstić information content (AvgIpc) is 2.89. The summed E-state index contributed by atoms with van der Waals surface area (Å²) in [6.07, 6.45) is 0. The fraction of sp³-hybridized carbons (Fsp3) is 0.259. The lowest BCUT2D eigenvalue weighted by Crippen LogP contribution is -2.49.